The first-order chi connectivity index (χ1) is 11.2. The van der Waals surface area contributed by atoms with Crippen LogP contribution in [0.4, 0.5) is 10.5 Å². The Kier molecular flexibility index (Phi) is 4.62. The van der Waals surface area contributed by atoms with Gasteiger partial charge in [-0.2, -0.15) is 0 Å². The molecule has 6 heteroatoms. The van der Waals surface area contributed by atoms with Gasteiger partial charge in [0.2, 0.25) is 5.89 Å². The van der Waals surface area contributed by atoms with Crippen LogP contribution in [0.1, 0.15) is 25.0 Å². The molecule has 0 spiro atoms. The van der Waals surface area contributed by atoms with Crippen LogP contribution in [0.5, 0.6) is 0 Å². The average Bonchev–Trinajstić information content (AvgIpc) is 3.28. The molecule has 1 aliphatic carbocycles. The highest BCUT2D eigenvalue weighted by Gasteiger charge is 2.31. The number of carbonyl (C=O) groups excluding carboxylic acids is 1. The molecule has 1 atom stereocenters. The summed E-state index contributed by atoms with van der Waals surface area (Å²) in [6.45, 7) is 1.92. The molecule has 1 aromatic carbocycles. The van der Waals surface area contributed by atoms with Crippen LogP contribution in [0.25, 0.3) is 11.5 Å². The van der Waals surface area contributed by atoms with Crippen molar-refractivity contribution < 1.29 is 14.3 Å². The van der Waals surface area contributed by atoms with Gasteiger partial charge in [0, 0.05) is 23.9 Å². The average molecular weight is 315 g/mol. The fourth-order valence-corrected chi connectivity index (χ4v) is 2.62. The number of oxazole rings is 1. The van der Waals surface area contributed by atoms with Gasteiger partial charge in [0.25, 0.3) is 0 Å². The Bertz CT molecular complexity index is 679. The first kappa shape index (κ1) is 15.6. The molecule has 1 aromatic heterocycles. The Labute approximate surface area is 134 Å². The summed E-state index contributed by atoms with van der Waals surface area (Å²) < 4.78 is 5.50. The van der Waals surface area contributed by atoms with E-state index in [1.807, 2.05) is 31.2 Å². The Balaban J connectivity index is 1.64. The minimum atomic E-state index is -0.254. The molecule has 6 nitrogen and oxygen atoms in total. The minimum Gasteiger partial charge on any atom is -0.441 e. The smallest absolute Gasteiger partial charge is 0.319 e. The van der Waals surface area contributed by atoms with Crippen LogP contribution >= 0.6 is 0 Å². The van der Waals surface area contributed by atoms with Crippen LogP contribution in [0, 0.1) is 12.8 Å². The van der Waals surface area contributed by atoms with Crippen LogP contribution in [-0.2, 0) is 0 Å². The van der Waals surface area contributed by atoms with E-state index in [2.05, 4.69) is 15.6 Å². The summed E-state index contributed by atoms with van der Waals surface area (Å²) in [7, 11) is 0. The number of hydrogen-bond acceptors (Lipinski definition) is 4. The standard InChI is InChI=1S/C17H21N3O3/c1-11-10-18-16(23-11)13-3-2-4-14(9-13)19-17(22)20-15(7-8-21)12-5-6-12/h2-4,9-10,12,15,21H,5-8H2,1H3,(H2,19,20,22)/t15-/m1/s1. The van der Waals surface area contributed by atoms with Crippen molar-refractivity contribution >= 4 is 11.7 Å². The van der Waals surface area contributed by atoms with Gasteiger partial charge in [-0.25, -0.2) is 9.78 Å². The number of nitrogens with one attached hydrogen (secondary N) is 2. The summed E-state index contributed by atoms with van der Waals surface area (Å²) in [6.07, 6.45) is 4.48. The highest BCUT2D eigenvalue weighted by molar-refractivity contribution is 5.90. The number of urea groups is 1. The summed E-state index contributed by atoms with van der Waals surface area (Å²) >= 11 is 0. The third-order valence-electron chi connectivity index (χ3n) is 3.94. The summed E-state index contributed by atoms with van der Waals surface area (Å²) in [6, 6.07) is 7.15. The van der Waals surface area contributed by atoms with E-state index in [1.54, 1.807) is 6.20 Å². The van der Waals surface area contributed by atoms with Crippen LogP contribution < -0.4 is 10.6 Å². The van der Waals surface area contributed by atoms with Crippen molar-refractivity contribution in [3.63, 3.8) is 0 Å². The van der Waals surface area contributed by atoms with E-state index in [-0.39, 0.29) is 18.7 Å². The van der Waals surface area contributed by atoms with Crippen LogP contribution in [-0.4, -0.2) is 28.8 Å². The zero-order chi connectivity index (χ0) is 16.2. The lowest BCUT2D eigenvalue weighted by molar-refractivity contribution is 0.234. The van der Waals surface area contributed by atoms with Gasteiger partial charge in [-0.15, -0.1) is 0 Å². The van der Waals surface area contributed by atoms with Crippen LogP contribution in [0.15, 0.2) is 34.9 Å². The maximum atomic E-state index is 12.1. The molecule has 3 rings (SSSR count). The van der Waals surface area contributed by atoms with Crippen LogP contribution in [0.3, 0.4) is 0 Å². The molecule has 23 heavy (non-hydrogen) atoms. The number of amides is 2. The summed E-state index contributed by atoms with van der Waals surface area (Å²) in [5.41, 5.74) is 1.49. The summed E-state index contributed by atoms with van der Waals surface area (Å²) in [4.78, 5) is 16.3. The number of rotatable bonds is 6. The lowest BCUT2D eigenvalue weighted by Gasteiger charge is -2.17. The second-order valence-corrected chi connectivity index (χ2v) is 5.91. The molecule has 1 aliphatic rings. The van der Waals surface area contributed by atoms with Crippen molar-refractivity contribution in [3.8, 4) is 11.5 Å². The molecule has 0 saturated heterocycles. The summed E-state index contributed by atoms with van der Waals surface area (Å²) in [5.74, 6) is 1.77. The number of aliphatic hydroxyl groups excluding tert-OH is 1. The molecule has 0 radical (unpaired) electrons. The van der Waals surface area contributed by atoms with Gasteiger partial charge in [0.1, 0.15) is 5.76 Å². The quantitative estimate of drug-likeness (QED) is 0.765. The van der Waals surface area contributed by atoms with E-state index in [0.717, 1.165) is 24.2 Å². The Morgan fingerprint density at radius 2 is 2.30 bits per heavy atom. The van der Waals surface area contributed by atoms with E-state index < -0.39 is 0 Å². The number of aliphatic hydroxyl groups is 1. The second kappa shape index (κ2) is 6.83. The molecule has 1 saturated carbocycles. The molecule has 1 heterocycles. The second-order valence-electron chi connectivity index (χ2n) is 5.91. The number of aryl methyl sites for hydroxylation is 1. The third-order valence-corrected chi connectivity index (χ3v) is 3.94. The Morgan fingerprint density at radius 1 is 1.48 bits per heavy atom. The van der Waals surface area contributed by atoms with Gasteiger partial charge in [0.15, 0.2) is 0 Å². The van der Waals surface area contributed by atoms with Gasteiger partial charge < -0.3 is 20.2 Å². The SMILES string of the molecule is Cc1cnc(-c2cccc(NC(=O)N[C@H](CCO)C3CC3)c2)o1. The maximum Gasteiger partial charge on any atom is 0.319 e. The molecule has 2 aromatic rings. The molecule has 2 amide bonds. The molecular weight excluding hydrogens is 294 g/mol. The van der Waals surface area contributed by atoms with E-state index in [1.165, 1.54) is 0 Å². The largest absolute Gasteiger partial charge is 0.441 e. The number of carbonyl (C=O) groups is 1. The molecule has 3 N–H and O–H groups in total. The van der Waals surface area contributed by atoms with Gasteiger partial charge >= 0.3 is 6.03 Å². The van der Waals surface area contributed by atoms with E-state index in [9.17, 15) is 4.79 Å². The first-order valence-electron chi connectivity index (χ1n) is 7.87. The molecule has 0 bridgehead atoms. The number of hydrogen-bond donors (Lipinski definition) is 3. The Hall–Kier alpha value is -2.34. The van der Waals surface area contributed by atoms with Crippen molar-refractivity contribution in [1.29, 1.82) is 0 Å². The predicted octanol–water partition coefficient (Wildman–Crippen LogP) is 2.93. The molecule has 1 fully saturated rings. The van der Waals surface area contributed by atoms with Crippen LogP contribution in [0.2, 0.25) is 0 Å². The van der Waals surface area contributed by atoms with Gasteiger partial charge in [-0.1, -0.05) is 6.07 Å². The fraction of sp³-hybridized carbons (Fsp3) is 0.412. The fourth-order valence-electron chi connectivity index (χ4n) is 2.62. The van der Waals surface area contributed by atoms with Gasteiger partial charge in [-0.3, -0.25) is 0 Å². The van der Waals surface area contributed by atoms with Gasteiger partial charge in [-0.05, 0) is 50.3 Å². The van der Waals surface area contributed by atoms with E-state index in [4.69, 9.17) is 9.52 Å². The number of anilines is 1. The zero-order valence-corrected chi connectivity index (χ0v) is 13.1. The molecule has 0 unspecified atom stereocenters. The minimum absolute atomic E-state index is 0.0394. The topological polar surface area (TPSA) is 87.4 Å². The van der Waals surface area contributed by atoms with Crippen molar-refractivity contribution in [2.24, 2.45) is 5.92 Å². The number of nitrogens with zero attached hydrogens (tertiary/aromatic N) is 1. The van der Waals surface area contributed by atoms with Crippen molar-refractivity contribution in [2.45, 2.75) is 32.2 Å². The lowest BCUT2D eigenvalue weighted by Crippen LogP contribution is -2.39. The predicted molar refractivity (Wildman–Crippen MR) is 87.0 cm³/mol. The third kappa shape index (κ3) is 4.10. The van der Waals surface area contributed by atoms with Crippen molar-refractivity contribution in [2.75, 3.05) is 11.9 Å². The number of benzene rings is 1. The molecule has 0 aliphatic heterocycles. The van der Waals surface area contributed by atoms with Crippen molar-refractivity contribution in [1.82, 2.24) is 10.3 Å². The lowest BCUT2D eigenvalue weighted by atomic mass is 10.1. The highest BCUT2D eigenvalue weighted by atomic mass is 16.4. The molecule has 122 valence electrons. The monoisotopic (exact) mass is 315 g/mol. The van der Waals surface area contributed by atoms with Crippen molar-refractivity contribution in [3.05, 3.63) is 36.2 Å². The summed E-state index contributed by atoms with van der Waals surface area (Å²) in [5, 5.41) is 14.9. The zero-order valence-electron chi connectivity index (χ0n) is 13.1. The molecular formula is C17H21N3O3. The number of aromatic nitrogens is 1. The van der Waals surface area contributed by atoms with E-state index >= 15 is 0 Å². The van der Waals surface area contributed by atoms with E-state index in [0.29, 0.717) is 23.9 Å². The maximum absolute atomic E-state index is 12.1. The van der Waals surface area contributed by atoms with Gasteiger partial charge in [0.05, 0.1) is 6.20 Å². The normalized spacial score (nSPS) is 15.2. The first-order valence-corrected chi connectivity index (χ1v) is 7.87. The Morgan fingerprint density at radius 3 is 2.96 bits per heavy atom. The highest BCUT2D eigenvalue weighted by Crippen LogP contribution is 2.34.